The van der Waals surface area contributed by atoms with E-state index >= 15 is 0 Å². The molecule has 0 aliphatic carbocycles. The van der Waals surface area contributed by atoms with Crippen molar-refractivity contribution < 1.29 is 14.3 Å². The lowest BCUT2D eigenvalue weighted by Crippen LogP contribution is -2.35. The lowest BCUT2D eigenvalue weighted by Gasteiger charge is -2.15. The van der Waals surface area contributed by atoms with Gasteiger partial charge in [-0.1, -0.05) is 18.2 Å². The Hall–Kier alpha value is -1.53. The minimum Gasteiger partial charge on any atom is -0.468 e. The van der Waals surface area contributed by atoms with E-state index in [1.54, 1.807) is 0 Å². The molecule has 1 aliphatic rings. The number of benzene rings is 1. The van der Waals surface area contributed by atoms with Crippen molar-refractivity contribution in [1.82, 2.24) is 0 Å². The topological polar surface area (TPSA) is 81.4 Å². The van der Waals surface area contributed by atoms with Gasteiger partial charge in [-0.25, -0.2) is 0 Å². The number of carbonyl (C=O) groups is 2. The number of aryl methyl sites for hydroxylation is 1. The Kier molecular flexibility index (Phi) is 5.03. The zero-order chi connectivity index (χ0) is 14.5. The number of hydrogen-bond donors (Lipinski definition) is 2. The van der Waals surface area contributed by atoms with Gasteiger partial charge >= 0.3 is 5.97 Å². The molecule has 0 spiro atoms. The molecule has 5 nitrogen and oxygen atoms in total. The number of anilines is 1. The molecule has 1 aromatic rings. The van der Waals surface area contributed by atoms with Crippen LogP contribution in [0.1, 0.15) is 12.0 Å². The number of ether oxygens (including phenoxy) is 1. The number of rotatable bonds is 4. The van der Waals surface area contributed by atoms with Crippen LogP contribution in [0, 0.1) is 0 Å². The van der Waals surface area contributed by atoms with Crippen LogP contribution in [0.2, 0.25) is 0 Å². The lowest BCUT2D eigenvalue weighted by atomic mass is 10.1. The number of fused-ring (bicyclic) bond motifs is 1. The molecule has 1 aliphatic heterocycles. The number of nitrogens with two attached hydrogens (primary N) is 1. The van der Waals surface area contributed by atoms with Crippen LogP contribution in [0.5, 0.6) is 0 Å². The predicted octanol–water partition coefficient (Wildman–Crippen LogP) is 1.17. The second-order valence-corrected chi connectivity index (χ2v) is 5.87. The van der Waals surface area contributed by atoms with Crippen molar-refractivity contribution in [2.45, 2.75) is 24.1 Å². The highest BCUT2D eigenvalue weighted by molar-refractivity contribution is 8.00. The van der Waals surface area contributed by atoms with Crippen molar-refractivity contribution in [2.75, 3.05) is 18.2 Å². The van der Waals surface area contributed by atoms with Crippen molar-refractivity contribution in [3.05, 3.63) is 29.8 Å². The van der Waals surface area contributed by atoms with Crippen LogP contribution in [0.15, 0.2) is 24.3 Å². The van der Waals surface area contributed by atoms with Crippen LogP contribution >= 0.6 is 11.8 Å². The summed E-state index contributed by atoms with van der Waals surface area (Å²) < 4.78 is 4.58. The van der Waals surface area contributed by atoms with Gasteiger partial charge in [0, 0.05) is 11.4 Å². The van der Waals surface area contributed by atoms with Gasteiger partial charge in [-0.15, -0.1) is 11.8 Å². The summed E-state index contributed by atoms with van der Waals surface area (Å²) >= 11 is 1.40. The van der Waals surface area contributed by atoms with Crippen LogP contribution in [0.4, 0.5) is 5.69 Å². The molecule has 0 saturated carbocycles. The predicted molar refractivity (Wildman–Crippen MR) is 79.6 cm³/mol. The van der Waals surface area contributed by atoms with E-state index in [9.17, 15) is 9.59 Å². The van der Waals surface area contributed by atoms with E-state index in [0.29, 0.717) is 5.75 Å². The molecule has 0 fully saturated rings. The van der Waals surface area contributed by atoms with E-state index in [2.05, 4.69) is 10.1 Å². The second-order valence-electron chi connectivity index (χ2n) is 4.64. The Morgan fingerprint density at radius 3 is 3.05 bits per heavy atom. The maximum Gasteiger partial charge on any atom is 0.323 e. The lowest BCUT2D eigenvalue weighted by molar-refractivity contribution is -0.141. The molecule has 0 bridgehead atoms. The fraction of sp³-hybridized carbons (Fsp3) is 0.429. The third-order valence-corrected chi connectivity index (χ3v) is 4.63. The van der Waals surface area contributed by atoms with Crippen molar-refractivity contribution >= 4 is 29.3 Å². The number of esters is 1. The number of carbonyl (C=O) groups excluding carboxylic acids is 2. The van der Waals surface area contributed by atoms with Crippen molar-refractivity contribution in [3.63, 3.8) is 0 Å². The number of nitrogens with one attached hydrogen (secondary N) is 1. The van der Waals surface area contributed by atoms with E-state index in [1.807, 2.05) is 24.3 Å². The monoisotopic (exact) mass is 294 g/mol. The van der Waals surface area contributed by atoms with Gasteiger partial charge in [0.2, 0.25) is 5.91 Å². The Bertz CT molecular complexity index is 507. The van der Waals surface area contributed by atoms with Gasteiger partial charge < -0.3 is 15.8 Å². The summed E-state index contributed by atoms with van der Waals surface area (Å²) in [7, 11) is 1.31. The fourth-order valence-corrected chi connectivity index (χ4v) is 3.16. The molecule has 2 unspecified atom stereocenters. The number of para-hydroxylation sites is 1. The summed E-state index contributed by atoms with van der Waals surface area (Å²) in [6, 6.07) is 7.10. The smallest absolute Gasteiger partial charge is 0.323 e. The zero-order valence-electron chi connectivity index (χ0n) is 11.3. The molecule has 108 valence electrons. The summed E-state index contributed by atoms with van der Waals surface area (Å²) in [6.45, 7) is 0. The Morgan fingerprint density at radius 2 is 2.30 bits per heavy atom. The summed E-state index contributed by atoms with van der Waals surface area (Å²) in [5.41, 5.74) is 7.70. The molecule has 3 N–H and O–H groups in total. The highest BCUT2D eigenvalue weighted by Crippen LogP contribution is 2.27. The first-order valence-electron chi connectivity index (χ1n) is 6.45. The van der Waals surface area contributed by atoms with Gasteiger partial charge in [0.15, 0.2) is 0 Å². The van der Waals surface area contributed by atoms with E-state index in [1.165, 1.54) is 18.9 Å². The van der Waals surface area contributed by atoms with E-state index < -0.39 is 12.0 Å². The Morgan fingerprint density at radius 1 is 1.55 bits per heavy atom. The van der Waals surface area contributed by atoms with E-state index in [0.717, 1.165) is 24.1 Å². The molecule has 0 aromatic heterocycles. The van der Waals surface area contributed by atoms with Crippen LogP contribution in [-0.4, -0.2) is 36.0 Å². The molecule has 20 heavy (non-hydrogen) atoms. The number of hydrogen-bond acceptors (Lipinski definition) is 5. The molecule has 1 amide bonds. The Labute approximate surface area is 122 Å². The van der Waals surface area contributed by atoms with Crippen LogP contribution < -0.4 is 11.1 Å². The molecule has 1 aromatic carbocycles. The maximum absolute atomic E-state index is 12.1. The fourth-order valence-electron chi connectivity index (χ4n) is 2.09. The van der Waals surface area contributed by atoms with E-state index in [4.69, 9.17) is 5.73 Å². The van der Waals surface area contributed by atoms with Gasteiger partial charge in [-0.05, 0) is 24.5 Å². The highest BCUT2D eigenvalue weighted by atomic mass is 32.2. The van der Waals surface area contributed by atoms with Gasteiger partial charge in [-0.3, -0.25) is 9.59 Å². The SMILES string of the molecule is COC(=O)C(N)CSC1CCc2ccccc2NC1=O. The largest absolute Gasteiger partial charge is 0.468 e. The average Bonchev–Trinajstić information content (AvgIpc) is 2.62. The standard InChI is InChI=1S/C14H18N2O3S/c1-19-14(18)10(15)8-20-12-7-6-9-4-2-3-5-11(9)16-13(12)17/h2-5,10,12H,6-8,15H2,1H3,(H,16,17). The maximum atomic E-state index is 12.1. The van der Waals surface area contributed by atoms with Crippen molar-refractivity contribution in [2.24, 2.45) is 5.73 Å². The zero-order valence-corrected chi connectivity index (χ0v) is 12.1. The summed E-state index contributed by atoms with van der Waals surface area (Å²) in [5.74, 6) is -0.104. The minimum atomic E-state index is -0.691. The van der Waals surface area contributed by atoms with Crippen LogP contribution in [-0.2, 0) is 20.7 Å². The normalized spacial score (nSPS) is 19.5. The number of amides is 1. The third kappa shape index (κ3) is 3.52. The van der Waals surface area contributed by atoms with E-state index in [-0.39, 0.29) is 11.2 Å². The first kappa shape index (κ1) is 14.9. The minimum absolute atomic E-state index is 0.0305. The summed E-state index contributed by atoms with van der Waals surface area (Å²) in [6.07, 6.45) is 1.57. The summed E-state index contributed by atoms with van der Waals surface area (Å²) in [4.78, 5) is 23.4. The summed E-state index contributed by atoms with van der Waals surface area (Å²) in [5, 5.41) is 2.73. The van der Waals surface area contributed by atoms with Gasteiger partial charge in [0.05, 0.1) is 12.4 Å². The first-order valence-corrected chi connectivity index (χ1v) is 7.50. The highest BCUT2D eigenvalue weighted by Gasteiger charge is 2.25. The van der Waals surface area contributed by atoms with Gasteiger partial charge in [0.1, 0.15) is 6.04 Å². The quantitative estimate of drug-likeness (QED) is 0.815. The van der Waals surface area contributed by atoms with Crippen molar-refractivity contribution in [3.8, 4) is 0 Å². The third-order valence-electron chi connectivity index (χ3n) is 3.22. The molecular formula is C14H18N2O3S. The molecule has 0 radical (unpaired) electrons. The average molecular weight is 294 g/mol. The second kappa shape index (κ2) is 6.76. The molecule has 1 heterocycles. The number of thioether (sulfide) groups is 1. The molecule has 2 atom stereocenters. The van der Waals surface area contributed by atoms with Crippen LogP contribution in [0.25, 0.3) is 0 Å². The van der Waals surface area contributed by atoms with Crippen LogP contribution in [0.3, 0.4) is 0 Å². The van der Waals surface area contributed by atoms with Gasteiger partial charge in [0.25, 0.3) is 0 Å². The first-order chi connectivity index (χ1) is 9.61. The number of methoxy groups -OCH3 is 1. The molecular weight excluding hydrogens is 276 g/mol. The molecule has 6 heteroatoms. The molecule has 2 rings (SSSR count). The van der Waals surface area contributed by atoms with Crippen molar-refractivity contribution in [1.29, 1.82) is 0 Å². The molecule has 0 saturated heterocycles. The van der Waals surface area contributed by atoms with Gasteiger partial charge in [-0.2, -0.15) is 0 Å². The Balaban J connectivity index is 1.95.